The SMILES string of the molecule is Cc1cc(=O)c(C(=O)N(C)CC(=O)Nc2ccc(Cl)c(Cl)c2)nn1-c1ccccc1. The fourth-order valence-electron chi connectivity index (χ4n) is 2.77. The summed E-state index contributed by atoms with van der Waals surface area (Å²) in [6, 6.07) is 15.1. The molecule has 3 rings (SSSR count). The molecule has 0 atom stereocenters. The van der Waals surface area contributed by atoms with Gasteiger partial charge in [0.2, 0.25) is 11.3 Å². The molecule has 0 saturated heterocycles. The van der Waals surface area contributed by atoms with Crippen LogP contribution in [0.25, 0.3) is 5.69 Å². The third-order valence-corrected chi connectivity index (χ3v) is 4.98. The van der Waals surface area contributed by atoms with Gasteiger partial charge >= 0.3 is 0 Å². The molecule has 0 bridgehead atoms. The maximum atomic E-state index is 12.8. The largest absolute Gasteiger partial charge is 0.331 e. The van der Waals surface area contributed by atoms with Crippen molar-refractivity contribution in [3.63, 3.8) is 0 Å². The number of nitrogens with zero attached hydrogens (tertiary/aromatic N) is 3. The number of likely N-dealkylation sites (N-methyl/N-ethyl adjacent to an activating group) is 1. The number of aromatic nitrogens is 2. The molecule has 1 aromatic heterocycles. The molecule has 2 amide bonds. The number of benzene rings is 2. The van der Waals surface area contributed by atoms with Crippen molar-refractivity contribution in [2.75, 3.05) is 18.9 Å². The highest BCUT2D eigenvalue weighted by Gasteiger charge is 2.21. The second-order valence-corrected chi connectivity index (χ2v) is 7.40. The molecule has 30 heavy (non-hydrogen) atoms. The van der Waals surface area contributed by atoms with Gasteiger partial charge in [-0.3, -0.25) is 14.4 Å². The Balaban J connectivity index is 1.77. The number of amides is 2. The van der Waals surface area contributed by atoms with Crippen LogP contribution < -0.4 is 10.7 Å². The van der Waals surface area contributed by atoms with Crippen LogP contribution in [0.5, 0.6) is 0 Å². The third kappa shape index (κ3) is 4.87. The fraction of sp³-hybridized carbons (Fsp3) is 0.143. The maximum Gasteiger partial charge on any atom is 0.278 e. The van der Waals surface area contributed by atoms with Crippen LogP contribution in [0, 0.1) is 6.92 Å². The minimum absolute atomic E-state index is 0.269. The smallest absolute Gasteiger partial charge is 0.278 e. The van der Waals surface area contributed by atoms with E-state index in [1.165, 1.54) is 23.9 Å². The molecule has 154 valence electrons. The van der Waals surface area contributed by atoms with E-state index in [1.807, 2.05) is 30.3 Å². The van der Waals surface area contributed by atoms with Crippen LogP contribution in [0.2, 0.25) is 10.0 Å². The Morgan fingerprint density at radius 2 is 1.77 bits per heavy atom. The Kier molecular flexibility index (Phi) is 6.54. The summed E-state index contributed by atoms with van der Waals surface area (Å²) in [5, 5.41) is 7.51. The summed E-state index contributed by atoms with van der Waals surface area (Å²) in [4.78, 5) is 38.6. The minimum atomic E-state index is -0.658. The van der Waals surface area contributed by atoms with Crippen molar-refractivity contribution >= 4 is 40.7 Å². The number of nitrogens with one attached hydrogen (secondary N) is 1. The van der Waals surface area contributed by atoms with Crippen molar-refractivity contribution in [2.45, 2.75) is 6.92 Å². The van der Waals surface area contributed by atoms with E-state index in [1.54, 1.807) is 19.1 Å². The molecule has 0 unspecified atom stereocenters. The average molecular weight is 445 g/mol. The molecule has 0 aliphatic heterocycles. The van der Waals surface area contributed by atoms with Crippen molar-refractivity contribution in [1.82, 2.24) is 14.7 Å². The number of carbonyl (C=O) groups is 2. The maximum absolute atomic E-state index is 12.8. The number of para-hydroxylation sites is 1. The van der Waals surface area contributed by atoms with E-state index >= 15 is 0 Å². The van der Waals surface area contributed by atoms with E-state index in [0.717, 1.165) is 4.90 Å². The number of halogens is 2. The molecule has 0 spiro atoms. The molecule has 9 heteroatoms. The number of anilines is 1. The van der Waals surface area contributed by atoms with Crippen LogP contribution in [0.1, 0.15) is 16.2 Å². The Bertz CT molecular complexity index is 1160. The normalized spacial score (nSPS) is 10.5. The van der Waals surface area contributed by atoms with Gasteiger partial charge in [-0.1, -0.05) is 41.4 Å². The molecule has 0 fully saturated rings. The van der Waals surface area contributed by atoms with Gasteiger partial charge in [-0.2, -0.15) is 5.10 Å². The lowest BCUT2D eigenvalue weighted by atomic mass is 10.2. The van der Waals surface area contributed by atoms with Gasteiger partial charge in [-0.15, -0.1) is 0 Å². The highest BCUT2D eigenvalue weighted by molar-refractivity contribution is 6.42. The molecule has 2 aromatic carbocycles. The number of hydrogen-bond donors (Lipinski definition) is 1. The molecule has 0 radical (unpaired) electrons. The fourth-order valence-corrected chi connectivity index (χ4v) is 3.07. The summed E-state index contributed by atoms with van der Waals surface area (Å²) in [6.07, 6.45) is 0. The number of hydrogen-bond acceptors (Lipinski definition) is 4. The molecule has 0 aliphatic carbocycles. The predicted molar refractivity (Wildman–Crippen MR) is 117 cm³/mol. The summed E-state index contributed by atoms with van der Waals surface area (Å²) in [5.74, 6) is -1.12. The van der Waals surface area contributed by atoms with Gasteiger partial charge in [0.1, 0.15) is 0 Å². The van der Waals surface area contributed by atoms with Crippen LogP contribution in [-0.4, -0.2) is 40.1 Å². The zero-order valence-corrected chi connectivity index (χ0v) is 17.7. The average Bonchev–Trinajstić information content (AvgIpc) is 2.71. The standard InChI is InChI=1S/C21H18Cl2N4O3/c1-13-10-18(28)20(25-27(13)15-6-4-3-5-7-15)21(30)26(2)12-19(29)24-14-8-9-16(22)17(23)11-14/h3-11H,12H2,1-2H3,(H,24,29). The van der Waals surface area contributed by atoms with Gasteiger partial charge in [0, 0.05) is 24.5 Å². The second-order valence-electron chi connectivity index (χ2n) is 6.58. The lowest BCUT2D eigenvalue weighted by molar-refractivity contribution is -0.116. The Labute approximate surface area is 182 Å². The minimum Gasteiger partial charge on any atom is -0.331 e. The summed E-state index contributed by atoms with van der Waals surface area (Å²) >= 11 is 11.8. The highest BCUT2D eigenvalue weighted by Crippen LogP contribution is 2.24. The number of aryl methyl sites for hydroxylation is 1. The first-order chi connectivity index (χ1) is 14.3. The number of rotatable bonds is 5. The zero-order chi connectivity index (χ0) is 21.8. The zero-order valence-electron chi connectivity index (χ0n) is 16.2. The molecular formula is C21H18Cl2N4O3. The van der Waals surface area contributed by atoms with Crippen LogP contribution >= 0.6 is 23.2 Å². The molecule has 0 saturated carbocycles. The molecular weight excluding hydrogens is 427 g/mol. The van der Waals surface area contributed by atoms with Crippen molar-refractivity contribution in [2.24, 2.45) is 0 Å². The van der Waals surface area contributed by atoms with E-state index in [-0.39, 0.29) is 12.2 Å². The van der Waals surface area contributed by atoms with Crippen molar-refractivity contribution < 1.29 is 9.59 Å². The highest BCUT2D eigenvalue weighted by atomic mass is 35.5. The van der Waals surface area contributed by atoms with E-state index in [4.69, 9.17) is 23.2 Å². The van der Waals surface area contributed by atoms with Gasteiger partial charge < -0.3 is 10.2 Å². The molecule has 0 aliphatic rings. The predicted octanol–water partition coefficient (Wildman–Crippen LogP) is 3.56. The first-order valence-corrected chi connectivity index (χ1v) is 9.68. The van der Waals surface area contributed by atoms with E-state index in [0.29, 0.717) is 27.1 Å². The van der Waals surface area contributed by atoms with E-state index < -0.39 is 17.2 Å². The quantitative estimate of drug-likeness (QED) is 0.651. The van der Waals surface area contributed by atoms with Gasteiger partial charge in [-0.25, -0.2) is 4.68 Å². The second kappa shape index (κ2) is 9.11. The molecule has 3 aromatic rings. The topological polar surface area (TPSA) is 84.3 Å². The molecule has 1 N–H and O–H groups in total. The van der Waals surface area contributed by atoms with E-state index in [9.17, 15) is 14.4 Å². The third-order valence-electron chi connectivity index (χ3n) is 4.24. The van der Waals surface area contributed by atoms with Crippen molar-refractivity contribution in [3.8, 4) is 5.69 Å². The molecule has 7 nitrogen and oxygen atoms in total. The van der Waals surface area contributed by atoms with Crippen molar-refractivity contribution in [1.29, 1.82) is 0 Å². The summed E-state index contributed by atoms with van der Waals surface area (Å²) in [7, 11) is 1.42. The number of carbonyl (C=O) groups excluding carboxylic acids is 2. The van der Waals surface area contributed by atoms with Gasteiger partial charge in [0.15, 0.2) is 5.69 Å². The van der Waals surface area contributed by atoms with Crippen LogP contribution in [0.4, 0.5) is 5.69 Å². The summed E-state index contributed by atoms with van der Waals surface area (Å²) in [6.45, 7) is 1.45. The van der Waals surface area contributed by atoms with Gasteiger partial charge in [-0.05, 0) is 37.3 Å². The first-order valence-electron chi connectivity index (χ1n) is 8.93. The Morgan fingerprint density at radius 3 is 2.43 bits per heavy atom. The van der Waals surface area contributed by atoms with Crippen molar-refractivity contribution in [3.05, 3.63) is 86.3 Å². The van der Waals surface area contributed by atoms with Crippen LogP contribution in [0.15, 0.2) is 59.4 Å². The first kappa shape index (κ1) is 21.5. The van der Waals surface area contributed by atoms with Gasteiger partial charge in [0.05, 0.1) is 22.3 Å². The molecule has 1 heterocycles. The van der Waals surface area contributed by atoms with E-state index in [2.05, 4.69) is 10.4 Å². The van der Waals surface area contributed by atoms with Crippen LogP contribution in [0.3, 0.4) is 0 Å². The summed E-state index contributed by atoms with van der Waals surface area (Å²) in [5.41, 5.74) is 0.956. The van der Waals surface area contributed by atoms with Gasteiger partial charge in [0.25, 0.3) is 5.91 Å². The lowest BCUT2D eigenvalue weighted by Gasteiger charge is -2.17. The Morgan fingerprint density at radius 1 is 1.07 bits per heavy atom. The lowest BCUT2D eigenvalue weighted by Crippen LogP contribution is -2.38. The van der Waals surface area contributed by atoms with Crippen LogP contribution in [-0.2, 0) is 4.79 Å². The monoisotopic (exact) mass is 444 g/mol. The summed E-state index contributed by atoms with van der Waals surface area (Å²) < 4.78 is 1.51. The Hall–Kier alpha value is -3.16.